The molecule has 2 aromatic heterocycles. The summed E-state index contributed by atoms with van der Waals surface area (Å²) >= 11 is 0. The van der Waals surface area contributed by atoms with Crippen LogP contribution in [0.25, 0.3) is 11.2 Å². The van der Waals surface area contributed by atoms with E-state index in [9.17, 15) is 4.79 Å². The monoisotopic (exact) mass is 597 g/mol. The van der Waals surface area contributed by atoms with Gasteiger partial charge in [0.2, 0.25) is 0 Å². The molecule has 2 aliphatic heterocycles. The van der Waals surface area contributed by atoms with E-state index in [4.69, 9.17) is 15.5 Å². The molecule has 6 rings (SSSR count). The highest BCUT2D eigenvalue weighted by Crippen LogP contribution is 2.29. The van der Waals surface area contributed by atoms with Crippen LogP contribution in [0.3, 0.4) is 0 Å². The van der Waals surface area contributed by atoms with Crippen molar-refractivity contribution in [1.82, 2.24) is 39.1 Å². The molecule has 0 bridgehead atoms. The molecule has 0 spiro atoms. The molecular weight excluding hydrogens is 542 g/mol. The van der Waals surface area contributed by atoms with Gasteiger partial charge in [-0.3, -0.25) is 19.3 Å². The van der Waals surface area contributed by atoms with Crippen LogP contribution in [0.4, 0.5) is 5.82 Å². The fourth-order valence-electron chi connectivity index (χ4n) is 8.07. The number of unbranched alkanes of at least 4 members (excludes halogenated alkanes) is 1. The third kappa shape index (κ3) is 7.37. The molecule has 0 amide bonds. The minimum atomic E-state index is -0.163. The van der Waals surface area contributed by atoms with Crippen molar-refractivity contribution in [2.24, 2.45) is 0 Å². The molecule has 2 saturated carbocycles. The smallest absolute Gasteiger partial charge is 0.329 e. The van der Waals surface area contributed by atoms with Crippen LogP contribution in [-0.2, 0) is 0 Å². The van der Waals surface area contributed by atoms with Crippen molar-refractivity contribution < 1.29 is 4.74 Å². The first-order valence-electron chi connectivity index (χ1n) is 17.5. The van der Waals surface area contributed by atoms with Crippen LogP contribution >= 0.6 is 0 Å². The van der Waals surface area contributed by atoms with E-state index >= 15 is 0 Å². The number of ether oxygens (including phenoxy) is 1. The van der Waals surface area contributed by atoms with Crippen LogP contribution in [0, 0.1) is 0 Å². The predicted molar refractivity (Wildman–Crippen MR) is 172 cm³/mol. The van der Waals surface area contributed by atoms with E-state index in [0.29, 0.717) is 17.8 Å². The van der Waals surface area contributed by atoms with E-state index in [1.165, 1.54) is 64.2 Å². The van der Waals surface area contributed by atoms with Gasteiger partial charge < -0.3 is 20.4 Å². The number of nitrogens with one attached hydrogen (secondary N) is 1. The molecule has 0 aromatic carbocycles. The van der Waals surface area contributed by atoms with Crippen LogP contribution in [0.15, 0.2) is 4.79 Å². The van der Waals surface area contributed by atoms with E-state index in [1.807, 2.05) is 4.57 Å². The Hall–Kier alpha value is -2.21. The molecule has 240 valence electrons. The van der Waals surface area contributed by atoms with Crippen molar-refractivity contribution in [2.45, 2.75) is 109 Å². The molecule has 3 N–H and O–H groups in total. The minimum Gasteiger partial charge on any atom is -0.463 e. The summed E-state index contributed by atoms with van der Waals surface area (Å²) in [6, 6.07) is 1.76. The zero-order chi connectivity index (χ0) is 29.6. The molecule has 4 fully saturated rings. The Morgan fingerprint density at radius 3 is 2.07 bits per heavy atom. The normalized spacial score (nSPS) is 23.7. The lowest BCUT2D eigenvalue weighted by Crippen LogP contribution is -2.54. The summed E-state index contributed by atoms with van der Waals surface area (Å²) in [6.07, 6.45) is 16.4. The van der Waals surface area contributed by atoms with E-state index in [1.54, 1.807) is 0 Å². The first kappa shape index (κ1) is 30.8. The molecule has 2 saturated heterocycles. The first-order chi connectivity index (χ1) is 21.1. The molecule has 4 heterocycles. The number of aromatic nitrogens is 4. The molecule has 4 aliphatic rings. The number of H-pyrrole nitrogens is 1. The van der Waals surface area contributed by atoms with Gasteiger partial charge in [0.25, 0.3) is 0 Å². The number of nitrogens with zero attached hydrogens (tertiary/aromatic N) is 7. The summed E-state index contributed by atoms with van der Waals surface area (Å²) < 4.78 is 7.71. The largest absolute Gasteiger partial charge is 0.463 e. The van der Waals surface area contributed by atoms with Gasteiger partial charge in [-0.05, 0) is 38.5 Å². The van der Waals surface area contributed by atoms with Crippen molar-refractivity contribution in [1.29, 1.82) is 0 Å². The highest BCUT2D eigenvalue weighted by Gasteiger charge is 2.32. The second-order valence-electron chi connectivity index (χ2n) is 13.4. The molecule has 11 heteroatoms. The van der Waals surface area contributed by atoms with Crippen LogP contribution in [0.2, 0.25) is 0 Å². The number of nitrogen functional groups attached to an aromatic ring is 1. The fourth-order valence-corrected chi connectivity index (χ4v) is 8.07. The van der Waals surface area contributed by atoms with Crippen molar-refractivity contribution in [2.75, 3.05) is 71.2 Å². The number of hydrogen-bond acceptors (Lipinski definition) is 9. The second kappa shape index (κ2) is 14.7. The molecule has 1 unspecified atom stereocenters. The summed E-state index contributed by atoms with van der Waals surface area (Å²) in [7, 11) is 0. The van der Waals surface area contributed by atoms with E-state index in [0.717, 1.165) is 90.2 Å². The Morgan fingerprint density at radius 2 is 1.47 bits per heavy atom. The van der Waals surface area contributed by atoms with Gasteiger partial charge in [0.05, 0.1) is 12.8 Å². The van der Waals surface area contributed by atoms with Gasteiger partial charge in [0, 0.05) is 71.0 Å². The Balaban J connectivity index is 1.19. The first-order valence-corrected chi connectivity index (χ1v) is 17.5. The summed E-state index contributed by atoms with van der Waals surface area (Å²) in [5.74, 6) is 0.270. The van der Waals surface area contributed by atoms with Gasteiger partial charge in [0.15, 0.2) is 11.5 Å². The molecule has 0 radical (unpaired) electrons. The third-order valence-electron chi connectivity index (χ3n) is 10.7. The van der Waals surface area contributed by atoms with Crippen molar-refractivity contribution in [3.8, 4) is 6.01 Å². The number of aromatic amines is 1. The maximum Gasteiger partial charge on any atom is 0.329 e. The topological polar surface area (TPSA) is 112 Å². The van der Waals surface area contributed by atoms with Crippen molar-refractivity contribution >= 4 is 17.0 Å². The van der Waals surface area contributed by atoms with Gasteiger partial charge in [-0.25, -0.2) is 4.79 Å². The number of nitrogens with two attached hydrogens (primary N) is 1. The lowest BCUT2D eigenvalue weighted by Gasteiger charge is -2.44. The van der Waals surface area contributed by atoms with Crippen molar-refractivity contribution in [3.63, 3.8) is 0 Å². The summed E-state index contributed by atoms with van der Waals surface area (Å²) in [5.41, 5.74) is 7.25. The average Bonchev–Trinajstić information content (AvgIpc) is 3.39. The number of anilines is 1. The number of rotatable bonds is 11. The van der Waals surface area contributed by atoms with E-state index in [2.05, 4.69) is 36.5 Å². The summed E-state index contributed by atoms with van der Waals surface area (Å²) in [6.45, 7) is 12.2. The van der Waals surface area contributed by atoms with Crippen LogP contribution < -0.4 is 16.2 Å². The van der Waals surface area contributed by atoms with Gasteiger partial charge in [-0.15, -0.1) is 0 Å². The molecule has 1 atom stereocenters. The zero-order valence-electron chi connectivity index (χ0n) is 26.5. The quantitative estimate of drug-likeness (QED) is 0.375. The molecular formula is C32H55N9O2. The average molecular weight is 598 g/mol. The maximum atomic E-state index is 13.6. The second-order valence-corrected chi connectivity index (χ2v) is 13.4. The predicted octanol–water partition coefficient (Wildman–Crippen LogP) is 3.67. The molecule has 2 aliphatic carbocycles. The highest BCUT2D eigenvalue weighted by molar-refractivity contribution is 5.82. The Morgan fingerprint density at radius 1 is 0.860 bits per heavy atom. The number of piperazine rings is 2. The molecule has 43 heavy (non-hydrogen) atoms. The van der Waals surface area contributed by atoms with Crippen LogP contribution in [-0.4, -0.2) is 117 Å². The zero-order valence-corrected chi connectivity index (χ0v) is 26.5. The van der Waals surface area contributed by atoms with E-state index in [-0.39, 0.29) is 23.7 Å². The van der Waals surface area contributed by atoms with E-state index < -0.39 is 0 Å². The number of fused-ring (bicyclic) bond motifs is 1. The van der Waals surface area contributed by atoms with Gasteiger partial charge in [-0.2, -0.15) is 9.97 Å². The lowest BCUT2D eigenvalue weighted by molar-refractivity contribution is 0.0231. The standard InChI is InChI=1S/C32H55N9O2/c1-2-3-24-43-31-35-29(33)28-30(36-31)41(32(42)34-28)27(40-22-20-39(21-23-40)26-12-8-5-9-13-26)14-15-37-16-18-38(19-17-37)25-10-6-4-7-11-25/h25-27H,2-24H2,1H3,(H,34,42)(H2,33,35,36). The van der Waals surface area contributed by atoms with Crippen LogP contribution in [0.5, 0.6) is 6.01 Å². The van der Waals surface area contributed by atoms with Crippen LogP contribution in [0.1, 0.15) is 96.6 Å². The number of hydrogen-bond donors (Lipinski definition) is 2. The Labute approximate surface area is 257 Å². The van der Waals surface area contributed by atoms with Gasteiger partial charge in [0.1, 0.15) is 5.52 Å². The van der Waals surface area contributed by atoms with Crippen molar-refractivity contribution in [3.05, 3.63) is 10.5 Å². The Kier molecular flexibility index (Phi) is 10.5. The third-order valence-corrected chi connectivity index (χ3v) is 10.7. The highest BCUT2D eigenvalue weighted by atomic mass is 16.5. The van der Waals surface area contributed by atoms with Gasteiger partial charge >= 0.3 is 11.7 Å². The summed E-state index contributed by atoms with van der Waals surface area (Å²) in [4.78, 5) is 36.3. The summed E-state index contributed by atoms with van der Waals surface area (Å²) in [5, 5.41) is 0. The molecule has 11 nitrogen and oxygen atoms in total. The fraction of sp³-hybridized carbons (Fsp3) is 0.844. The van der Waals surface area contributed by atoms with Gasteiger partial charge in [-0.1, -0.05) is 51.9 Å². The minimum absolute atomic E-state index is 0.0936. The number of imidazole rings is 1. The molecule has 2 aromatic rings. The Bertz CT molecular complexity index is 1200. The lowest BCUT2D eigenvalue weighted by atomic mass is 9.93. The SMILES string of the molecule is CCCCOc1nc(N)c2[nH]c(=O)n(C(CCN3CCN(C4CCCCC4)CC3)N3CCN(C4CCCCC4)CC3)c2n1. The maximum absolute atomic E-state index is 13.6.